The number of benzene rings is 1. The Morgan fingerprint density at radius 1 is 1.12 bits per heavy atom. The standard InChI is InChI=1S/C18H20N4O2/c1-12-5-7-14(8-6-12)18-19-17(21-24-18)11-22-9-3-4-15(22)16-10-13(2)20-23-16/h5-8,10,15H,3-4,9,11H2,1-2H3/t15-/m0/s1. The van der Waals surface area contributed by atoms with Gasteiger partial charge in [0.1, 0.15) is 0 Å². The monoisotopic (exact) mass is 324 g/mol. The highest BCUT2D eigenvalue weighted by atomic mass is 16.5. The van der Waals surface area contributed by atoms with Crippen molar-refractivity contribution in [2.24, 2.45) is 0 Å². The van der Waals surface area contributed by atoms with E-state index in [4.69, 9.17) is 9.05 Å². The van der Waals surface area contributed by atoms with E-state index in [0.717, 1.165) is 36.4 Å². The van der Waals surface area contributed by atoms with Crippen LogP contribution in [0.15, 0.2) is 39.4 Å². The Bertz CT molecular complexity index is 822. The number of hydrogen-bond donors (Lipinski definition) is 0. The molecule has 0 unspecified atom stereocenters. The first-order valence-corrected chi connectivity index (χ1v) is 8.26. The van der Waals surface area contributed by atoms with Crippen LogP contribution < -0.4 is 0 Å². The summed E-state index contributed by atoms with van der Waals surface area (Å²) in [6, 6.07) is 10.3. The number of hydrogen-bond acceptors (Lipinski definition) is 6. The average molecular weight is 324 g/mol. The molecule has 1 fully saturated rings. The summed E-state index contributed by atoms with van der Waals surface area (Å²) in [5.74, 6) is 2.19. The van der Waals surface area contributed by atoms with Crippen molar-refractivity contribution in [1.82, 2.24) is 20.2 Å². The summed E-state index contributed by atoms with van der Waals surface area (Å²) < 4.78 is 10.9. The fourth-order valence-electron chi connectivity index (χ4n) is 3.19. The maximum Gasteiger partial charge on any atom is 0.257 e. The van der Waals surface area contributed by atoms with Gasteiger partial charge in [-0.15, -0.1) is 0 Å². The molecule has 3 aromatic rings. The lowest BCUT2D eigenvalue weighted by Crippen LogP contribution is -2.23. The zero-order chi connectivity index (χ0) is 16.5. The highest BCUT2D eigenvalue weighted by molar-refractivity contribution is 5.53. The van der Waals surface area contributed by atoms with E-state index in [1.54, 1.807) is 0 Å². The van der Waals surface area contributed by atoms with Crippen molar-refractivity contribution in [2.45, 2.75) is 39.3 Å². The Hall–Kier alpha value is -2.47. The van der Waals surface area contributed by atoms with Gasteiger partial charge in [-0.3, -0.25) is 4.90 Å². The molecule has 124 valence electrons. The molecule has 6 nitrogen and oxygen atoms in total. The largest absolute Gasteiger partial charge is 0.359 e. The molecular weight excluding hydrogens is 304 g/mol. The third kappa shape index (κ3) is 2.97. The van der Waals surface area contributed by atoms with Crippen molar-refractivity contribution in [3.8, 4) is 11.5 Å². The van der Waals surface area contributed by atoms with E-state index in [2.05, 4.69) is 27.1 Å². The Labute approximate surface area is 140 Å². The Kier molecular flexibility index (Phi) is 3.90. The van der Waals surface area contributed by atoms with Crippen LogP contribution in [-0.2, 0) is 6.54 Å². The van der Waals surface area contributed by atoms with Crippen LogP contribution in [0, 0.1) is 13.8 Å². The minimum atomic E-state index is 0.243. The first kappa shape index (κ1) is 15.1. The summed E-state index contributed by atoms with van der Waals surface area (Å²) in [5, 5.41) is 8.14. The van der Waals surface area contributed by atoms with E-state index in [-0.39, 0.29) is 6.04 Å². The van der Waals surface area contributed by atoms with E-state index in [9.17, 15) is 0 Å². The van der Waals surface area contributed by atoms with Gasteiger partial charge in [0.25, 0.3) is 5.89 Å². The van der Waals surface area contributed by atoms with E-state index >= 15 is 0 Å². The minimum Gasteiger partial charge on any atom is -0.359 e. The van der Waals surface area contributed by atoms with Gasteiger partial charge >= 0.3 is 0 Å². The maximum absolute atomic E-state index is 5.45. The molecule has 0 amide bonds. The van der Waals surface area contributed by atoms with Crippen molar-refractivity contribution in [3.63, 3.8) is 0 Å². The lowest BCUT2D eigenvalue weighted by Gasteiger charge is -2.20. The third-order valence-electron chi connectivity index (χ3n) is 4.45. The second-order valence-corrected chi connectivity index (χ2v) is 6.38. The van der Waals surface area contributed by atoms with Crippen LogP contribution in [-0.4, -0.2) is 26.7 Å². The summed E-state index contributed by atoms with van der Waals surface area (Å²) in [4.78, 5) is 6.86. The number of rotatable bonds is 4. The summed E-state index contributed by atoms with van der Waals surface area (Å²) in [5.41, 5.74) is 3.07. The van der Waals surface area contributed by atoms with Gasteiger partial charge in [0.15, 0.2) is 11.6 Å². The molecule has 3 heterocycles. The van der Waals surface area contributed by atoms with Gasteiger partial charge in [-0.05, 0) is 45.4 Å². The highest BCUT2D eigenvalue weighted by Gasteiger charge is 2.30. The molecule has 2 aromatic heterocycles. The van der Waals surface area contributed by atoms with Crippen LogP contribution in [0.3, 0.4) is 0 Å². The summed E-state index contributed by atoms with van der Waals surface area (Å²) in [6.45, 7) is 5.65. The van der Waals surface area contributed by atoms with E-state index in [1.807, 2.05) is 37.3 Å². The zero-order valence-corrected chi connectivity index (χ0v) is 13.9. The third-order valence-corrected chi connectivity index (χ3v) is 4.45. The fraction of sp³-hybridized carbons (Fsp3) is 0.389. The average Bonchev–Trinajstić information content (AvgIpc) is 3.30. The topological polar surface area (TPSA) is 68.2 Å². The molecule has 1 aliphatic rings. The van der Waals surface area contributed by atoms with Crippen LogP contribution in [0.5, 0.6) is 0 Å². The molecule has 0 saturated carbocycles. The van der Waals surface area contributed by atoms with Crippen molar-refractivity contribution in [1.29, 1.82) is 0 Å². The number of likely N-dealkylation sites (tertiary alicyclic amines) is 1. The molecule has 0 aliphatic carbocycles. The summed E-state index contributed by atoms with van der Waals surface area (Å²) in [6.07, 6.45) is 2.20. The molecule has 4 rings (SSSR count). The molecular formula is C18H20N4O2. The predicted octanol–water partition coefficient (Wildman–Crippen LogP) is 3.68. The molecule has 0 N–H and O–H groups in total. The smallest absolute Gasteiger partial charge is 0.257 e. The highest BCUT2D eigenvalue weighted by Crippen LogP contribution is 2.33. The van der Waals surface area contributed by atoms with Crippen LogP contribution in [0.25, 0.3) is 11.5 Å². The lowest BCUT2D eigenvalue weighted by molar-refractivity contribution is 0.200. The molecule has 1 atom stereocenters. The maximum atomic E-state index is 5.45. The van der Waals surface area contributed by atoms with Crippen LogP contribution >= 0.6 is 0 Å². The quantitative estimate of drug-likeness (QED) is 0.729. The van der Waals surface area contributed by atoms with Gasteiger partial charge in [0, 0.05) is 11.6 Å². The molecule has 24 heavy (non-hydrogen) atoms. The molecule has 1 aromatic carbocycles. The van der Waals surface area contributed by atoms with Crippen LogP contribution in [0.1, 0.15) is 41.7 Å². The Morgan fingerprint density at radius 3 is 2.71 bits per heavy atom. The van der Waals surface area contributed by atoms with Crippen molar-refractivity contribution < 1.29 is 9.05 Å². The predicted molar refractivity (Wildman–Crippen MR) is 88.1 cm³/mol. The number of aryl methyl sites for hydroxylation is 2. The molecule has 0 spiro atoms. The fourth-order valence-corrected chi connectivity index (χ4v) is 3.19. The number of nitrogens with zero attached hydrogens (tertiary/aromatic N) is 4. The van der Waals surface area contributed by atoms with Gasteiger partial charge in [-0.25, -0.2) is 0 Å². The van der Waals surface area contributed by atoms with Gasteiger partial charge in [0.05, 0.1) is 18.3 Å². The SMILES string of the molecule is Cc1ccc(-c2nc(CN3CCC[C@H]3c3cc(C)no3)no2)cc1. The zero-order valence-electron chi connectivity index (χ0n) is 13.9. The second kappa shape index (κ2) is 6.20. The van der Waals surface area contributed by atoms with E-state index in [0.29, 0.717) is 18.3 Å². The van der Waals surface area contributed by atoms with Gasteiger partial charge in [-0.2, -0.15) is 4.98 Å². The molecule has 1 aliphatic heterocycles. The minimum absolute atomic E-state index is 0.243. The van der Waals surface area contributed by atoms with Crippen molar-refractivity contribution in [2.75, 3.05) is 6.54 Å². The van der Waals surface area contributed by atoms with Gasteiger partial charge < -0.3 is 9.05 Å². The molecule has 0 bridgehead atoms. The molecule has 0 radical (unpaired) electrons. The Balaban J connectivity index is 1.50. The Morgan fingerprint density at radius 2 is 1.96 bits per heavy atom. The molecule has 6 heteroatoms. The van der Waals surface area contributed by atoms with Crippen molar-refractivity contribution in [3.05, 3.63) is 53.2 Å². The summed E-state index contributed by atoms with van der Waals surface area (Å²) >= 11 is 0. The normalized spacial score (nSPS) is 18.3. The van der Waals surface area contributed by atoms with Crippen LogP contribution in [0.4, 0.5) is 0 Å². The second-order valence-electron chi connectivity index (χ2n) is 6.38. The van der Waals surface area contributed by atoms with Crippen LogP contribution in [0.2, 0.25) is 0 Å². The van der Waals surface area contributed by atoms with Gasteiger partial charge in [0.2, 0.25) is 0 Å². The van der Waals surface area contributed by atoms with Gasteiger partial charge in [-0.1, -0.05) is 28.0 Å². The van der Waals surface area contributed by atoms with E-state index < -0.39 is 0 Å². The van der Waals surface area contributed by atoms with Crippen molar-refractivity contribution >= 4 is 0 Å². The summed E-state index contributed by atoms with van der Waals surface area (Å²) in [7, 11) is 0. The first-order valence-electron chi connectivity index (χ1n) is 8.26. The first-order chi connectivity index (χ1) is 11.7. The number of aromatic nitrogens is 3. The molecule has 1 saturated heterocycles. The lowest BCUT2D eigenvalue weighted by atomic mass is 10.1. The van der Waals surface area contributed by atoms with E-state index in [1.165, 1.54) is 5.56 Å².